The smallest absolute Gasteiger partial charge is 0.0675 e. The number of hydrogen-bond acceptors (Lipinski definition) is 2. The monoisotopic (exact) mass is 331 g/mol. The minimum Gasteiger partial charge on any atom is -0.343 e. The van der Waals surface area contributed by atoms with Crippen molar-refractivity contribution in [2.75, 3.05) is 13.1 Å². The molecule has 0 saturated carbocycles. The molecular weight excluding hydrogens is 306 g/mol. The van der Waals surface area contributed by atoms with Gasteiger partial charge >= 0.3 is 0 Å². The van der Waals surface area contributed by atoms with Crippen molar-refractivity contribution < 1.29 is 0 Å². The number of aromatic nitrogens is 1. The fourth-order valence-electron chi connectivity index (χ4n) is 4.28. The van der Waals surface area contributed by atoms with E-state index in [-0.39, 0.29) is 0 Å². The Labute approximate surface area is 143 Å². The van der Waals surface area contributed by atoms with Crippen molar-refractivity contribution in [1.82, 2.24) is 15.2 Å². The van der Waals surface area contributed by atoms with E-state index in [1.165, 1.54) is 54.5 Å². The Kier molecular flexibility index (Phi) is 4.35. The van der Waals surface area contributed by atoms with Gasteiger partial charge in [0.1, 0.15) is 0 Å². The Morgan fingerprint density at radius 1 is 1.35 bits per heavy atom. The maximum Gasteiger partial charge on any atom is 0.0675 e. The summed E-state index contributed by atoms with van der Waals surface area (Å²) in [6.45, 7) is 6.69. The maximum atomic E-state index is 6.59. The number of rotatable bonds is 3. The highest BCUT2D eigenvalue weighted by atomic mass is 35.5. The number of hydrogen-bond donors (Lipinski definition) is 2. The molecule has 0 bridgehead atoms. The molecule has 0 amide bonds. The van der Waals surface area contributed by atoms with Crippen molar-refractivity contribution in [3.63, 3.8) is 0 Å². The van der Waals surface area contributed by atoms with Crippen LogP contribution in [0, 0.1) is 5.92 Å². The fourth-order valence-corrected chi connectivity index (χ4v) is 4.56. The van der Waals surface area contributed by atoms with Gasteiger partial charge in [0.25, 0.3) is 0 Å². The van der Waals surface area contributed by atoms with Crippen LogP contribution < -0.4 is 10.6 Å². The third-order valence-corrected chi connectivity index (χ3v) is 5.85. The highest BCUT2D eigenvalue weighted by Gasteiger charge is 2.24. The summed E-state index contributed by atoms with van der Waals surface area (Å²) in [4.78, 5) is 0. The third kappa shape index (κ3) is 2.90. The molecule has 1 fully saturated rings. The van der Waals surface area contributed by atoms with Crippen molar-refractivity contribution in [2.45, 2.75) is 51.7 Å². The van der Waals surface area contributed by atoms with Gasteiger partial charge in [-0.3, -0.25) is 0 Å². The lowest BCUT2D eigenvalue weighted by molar-refractivity contribution is 0.340. The van der Waals surface area contributed by atoms with Crippen LogP contribution in [-0.4, -0.2) is 23.7 Å². The lowest BCUT2D eigenvalue weighted by Gasteiger charge is -2.25. The van der Waals surface area contributed by atoms with Gasteiger partial charge in [0.05, 0.1) is 10.5 Å². The van der Waals surface area contributed by atoms with E-state index >= 15 is 0 Å². The van der Waals surface area contributed by atoms with Gasteiger partial charge < -0.3 is 15.2 Å². The summed E-state index contributed by atoms with van der Waals surface area (Å²) in [6.07, 6.45) is 5.02. The molecule has 2 N–H and O–H groups in total. The van der Waals surface area contributed by atoms with Crippen molar-refractivity contribution in [3.8, 4) is 0 Å². The Morgan fingerprint density at radius 2 is 2.26 bits per heavy atom. The van der Waals surface area contributed by atoms with Crippen LogP contribution in [0.2, 0.25) is 5.02 Å². The van der Waals surface area contributed by atoms with Crippen molar-refractivity contribution in [3.05, 3.63) is 34.5 Å². The summed E-state index contributed by atoms with van der Waals surface area (Å²) < 4.78 is 2.53. The Bertz CT molecular complexity index is 700. The number of benzene rings is 1. The Hall–Kier alpha value is -1.03. The van der Waals surface area contributed by atoms with Gasteiger partial charge in [-0.1, -0.05) is 23.7 Å². The minimum absolute atomic E-state index is 0.542. The number of nitrogens with zero attached hydrogens (tertiary/aromatic N) is 1. The van der Waals surface area contributed by atoms with Crippen molar-refractivity contribution in [2.24, 2.45) is 5.92 Å². The lowest BCUT2D eigenvalue weighted by atomic mass is 9.96. The number of halogens is 1. The van der Waals surface area contributed by atoms with E-state index in [1.807, 2.05) is 6.07 Å². The van der Waals surface area contributed by atoms with Gasteiger partial charge in [-0.25, -0.2) is 0 Å². The van der Waals surface area contributed by atoms with E-state index in [1.54, 1.807) is 0 Å². The van der Waals surface area contributed by atoms with Crippen LogP contribution in [0.15, 0.2) is 18.2 Å². The zero-order valence-electron chi connectivity index (χ0n) is 13.9. The SMILES string of the molecule is CC1Cc2c(c3cccc(Cl)c3n2CCC2CCCNC2)CN1. The molecule has 1 saturated heterocycles. The van der Waals surface area contributed by atoms with E-state index < -0.39 is 0 Å². The van der Waals surface area contributed by atoms with Gasteiger partial charge in [-0.15, -0.1) is 0 Å². The molecule has 0 radical (unpaired) electrons. The predicted octanol–water partition coefficient (Wildman–Crippen LogP) is 3.72. The second kappa shape index (κ2) is 6.46. The van der Waals surface area contributed by atoms with E-state index in [9.17, 15) is 0 Å². The van der Waals surface area contributed by atoms with Crippen LogP contribution in [-0.2, 0) is 19.5 Å². The average molecular weight is 332 g/mol. The summed E-state index contributed by atoms with van der Waals surface area (Å²) in [5.74, 6) is 0.804. The molecule has 4 rings (SSSR count). The highest BCUT2D eigenvalue weighted by molar-refractivity contribution is 6.35. The molecule has 2 aliphatic heterocycles. The summed E-state index contributed by atoms with van der Waals surface area (Å²) >= 11 is 6.59. The van der Waals surface area contributed by atoms with Crippen LogP contribution in [0.4, 0.5) is 0 Å². The number of fused-ring (bicyclic) bond motifs is 3. The number of para-hydroxylation sites is 1. The molecule has 2 atom stereocenters. The predicted molar refractivity (Wildman–Crippen MR) is 97.2 cm³/mol. The summed E-state index contributed by atoms with van der Waals surface area (Å²) in [6, 6.07) is 6.89. The Balaban J connectivity index is 1.70. The van der Waals surface area contributed by atoms with Crippen molar-refractivity contribution in [1.29, 1.82) is 0 Å². The largest absolute Gasteiger partial charge is 0.343 e. The topological polar surface area (TPSA) is 29.0 Å². The molecule has 1 aromatic carbocycles. The average Bonchev–Trinajstić information content (AvgIpc) is 2.88. The zero-order chi connectivity index (χ0) is 15.8. The van der Waals surface area contributed by atoms with E-state index in [4.69, 9.17) is 11.6 Å². The minimum atomic E-state index is 0.542. The van der Waals surface area contributed by atoms with Gasteiger partial charge in [0.15, 0.2) is 0 Å². The second-order valence-electron chi connectivity index (χ2n) is 7.20. The molecule has 4 heteroatoms. The van der Waals surface area contributed by atoms with Gasteiger partial charge in [0, 0.05) is 36.6 Å². The standard InChI is InChI=1S/C19H26ClN3/c1-13-10-18-16(12-22-13)15-5-2-6-17(20)19(15)23(18)9-7-14-4-3-8-21-11-14/h2,5-6,13-14,21-22H,3-4,7-12H2,1H3. The normalized spacial score (nSPS) is 24.8. The zero-order valence-corrected chi connectivity index (χ0v) is 14.6. The first-order chi connectivity index (χ1) is 11.2. The van der Waals surface area contributed by atoms with Gasteiger partial charge in [-0.2, -0.15) is 0 Å². The molecule has 1 aromatic heterocycles. The van der Waals surface area contributed by atoms with Crippen LogP contribution in [0.1, 0.15) is 37.4 Å². The Morgan fingerprint density at radius 3 is 3.09 bits per heavy atom. The third-order valence-electron chi connectivity index (χ3n) is 5.54. The summed E-state index contributed by atoms with van der Waals surface area (Å²) in [5.41, 5.74) is 4.21. The molecule has 0 spiro atoms. The van der Waals surface area contributed by atoms with E-state index in [0.29, 0.717) is 6.04 Å². The maximum absolute atomic E-state index is 6.59. The number of aryl methyl sites for hydroxylation is 1. The summed E-state index contributed by atoms with van der Waals surface area (Å²) in [7, 11) is 0. The molecule has 2 unspecified atom stereocenters. The van der Waals surface area contributed by atoms with Crippen LogP contribution >= 0.6 is 11.6 Å². The number of nitrogens with one attached hydrogen (secondary N) is 2. The lowest BCUT2D eigenvalue weighted by Crippen LogP contribution is -2.34. The molecule has 124 valence electrons. The molecule has 2 aliphatic rings. The molecule has 3 heterocycles. The molecule has 2 aromatic rings. The van der Waals surface area contributed by atoms with Crippen LogP contribution in [0.5, 0.6) is 0 Å². The van der Waals surface area contributed by atoms with Crippen LogP contribution in [0.3, 0.4) is 0 Å². The van der Waals surface area contributed by atoms with Crippen molar-refractivity contribution >= 4 is 22.5 Å². The second-order valence-corrected chi connectivity index (χ2v) is 7.61. The molecule has 0 aliphatic carbocycles. The van der Waals surface area contributed by atoms with E-state index in [0.717, 1.165) is 30.5 Å². The van der Waals surface area contributed by atoms with Gasteiger partial charge in [-0.05, 0) is 56.8 Å². The number of piperidine rings is 1. The quantitative estimate of drug-likeness (QED) is 0.897. The first-order valence-corrected chi connectivity index (χ1v) is 9.34. The fraction of sp³-hybridized carbons (Fsp3) is 0.579. The first kappa shape index (κ1) is 15.5. The molecule has 23 heavy (non-hydrogen) atoms. The molecule has 3 nitrogen and oxygen atoms in total. The van der Waals surface area contributed by atoms with E-state index in [2.05, 4.69) is 34.3 Å². The molecular formula is C19H26ClN3. The highest BCUT2D eigenvalue weighted by Crippen LogP contribution is 2.34. The van der Waals surface area contributed by atoms with Crippen LogP contribution in [0.25, 0.3) is 10.9 Å². The first-order valence-electron chi connectivity index (χ1n) is 8.96. The summed E-state index contributed by atoms with van der Waals surface area (Å²) in [5, 5.41) is 9.38. The van der Waals surface area contributed by atoms with Gasteiger partial charge in [0.2, 0.25) is 0 Å².